The highest BCUT2D eigenvalue weighted by Gasteiger charge is 2.28. The summed E-state index contributed by atoms with van der Waals surface area (Å²) in [7, 11) is 0. The Morgan fingerprint density at radius 1 is 1.48 bits per heavy atom. The molecule has 2 atom stereocenters. The van der Waals surface area contributed by atoms with Crippen LogP contribution < -0.4 is 5.73 Å². The summed E-state index contributed by atoms with van der Waals surface area (Å²) >= 11 is 0. The lowest BCUT2D eigenvalue weighted by Crippen LogP contribution is -2.49. The van der Waals surface area contributed by atoms with Crippen LogP contribution in [0.5, 0.6) is 0 Å². The van der Waals surface area contributed by atoms with Crippen molar-refractivity contribution in [2.24, 2.45) is 5.73 Å². The van der Waals surface area contributed by atoms with E-state index in [4.69, 9.17) is 10.5 Å². The van der Waals surface area contributed by atoms with Gasteiger partial charge in [0.1, 0.15) is 11.9 Å². The van der Waals surface area contributed by atoms with Gasteiger partial charge in [-0.3, -0.25) is 4.79 Å². The van der Waals surface area contributed by atoms with Crippen molar-refractivity contribution in [1.82, 2.24) is 4.90 Å². The van der Waals surface area contributed by atoms with Crippen molar-refractivity contribution in [3.63, 3.8) is 0 Å². The summed E-state index contributed by atoms with van der Waals surface area (Å²) < 4.78 is 18.6. The lowest BCUT2D eigenvalue weighted by atomic mass is 10.1. The van der Waals surface area contributed by atoms with Gasteiger partial charge in [0.05, 0.1) is 19.2 Å². The van der Waals surface area contributed by atoms with Gasteiger partial charge < -0.3 is 15.4 Å². The topological polar surface area (TPSA) is 55.6 Å². The van der Waals surface area contributed by atoms with Gasteiger partial charge in [0.2, 0.25) is 5.91 Å². The first-order valence-corrected chi connectivity index (χ1v) is 7.53. The van der Waals surface area contributed by atoms with E-state index in [0.717, 1.165) is 18.4 Å². The number of nitrogens with zero attached hydrogens (tertiary/aromatic N) is 1. The Labute approximate surface area is 125 Å². The molecule has 0 saturated carbocycles. The second-order valence-electron chi connectivity index (χ2n) is 5.44. The number of hydrogen-bond donors (Lipinski definition) is 1. The number of hydrogen-bond acceptors (Lipinski definition) is 3. The molecule has 1 aromatic rings. The third-order valence-corrected chi connectivity index (χ3v) is 3.81. The summed E-state index contributed by atoms with van der Waals surface area (Å²) in [4.78, 5) is 14.1. The van der Waals surface area contributed by atoms with Crippen LogP contribution in [0, 0.1) is 5.82 Å². The molecule has 0 radical (unpaired) electrons. The third kappa shape index (κ3) is 4.25. The third-order valence-electron chi connectivity index (χ3n) is 3.81. The first-order chi connectivity index (χ1) is 10.1. The minimum atomic E-state index is -0.433. The van der Waals surface area contributed by atoms with E-state index < -0.39 is 6.04 Å². The molecule has 116 valence electrons. The van der Waals surface area contributed by atoms with Crippen LogP contribution >= 0.6 is 0 Å². The minimum Gasteiger partial charge on any atom is -0.370 e. The monoisotopic (exact) mass is 294 g/mol. The smallest absolute Gasteiger partial charge is 0.239 e. The Kier molecular flexibility index (Phi) is 5.70. The van der Waals surface area contributed by atoms with Crippen LogP contribution in [-0.4, -0.2) is 36.5 Å². The molecule has 21 heavy (non-hydrogen) atoms. The molecule has 2 N–H and O–H groups in total. The lowest BCUT2D eigenvalue weighted by molar-refractivity contribution is -0.140. The van der Waals surface area contributed by atoms with Crippen LogP contribution in [0.15, 0.2) is 24.3 Å². The molecule has 0 aromatic heterocycles. The molecular weight excluding hydrogens is 271 g/mol. The van der Waals surface area contributed by atoms with E-state index in [9.17, 15) is 9.18 Å². The van der Waals surface area contributed by atoms with Crippen molar-refractivity contribution in [2.75, 3.05) is 19.7 Å². The fraction of sp³-hybridized carbons (Fsp3) is 0.562. The molecule has 5 heteroatoms. The second-order valence-corrected chi connectivity index (χ2v) is 5.44. The number of nitrogens with two attached hydrogens (primary N) is 1. The van der Waals surface area contributed by atoms with Crippen molar-refractivity contribution in [3.05, 3.63) is 35.6 Å². The Bertz CT molecular complexity index is 464. The van der Waals surface area contributed by atoms with Gasteiger partial charge in [0.15, 0.2) is 0 Å². The zero-order chi connectivity index (χ0) is 15.2. The number of halogens is 1. The molecule has 1 aromatic carbocycles. The number of carbonyl (C=O) groups is 1. The average molecular weight is 294 g/mol. The number of amides is 1. The SMILES string of the molecule is CCCCC(N)C(=O)N1CCOC(c2ccc(F)cc2)C1. The molecule has 1 fully saturated rings. The summed E-state index contributed by atoms with van der Waals surface area (Å²) in [6.45, 7) is 3.60. The predicted molar refractivity (Wildman–Crippen MR) is 79.2 cm³/mol. The van der Waals surface area contributed by atoms with E-state index in [0.29, 0.717) is 26.1 Å². The van der Waals surface area contributed by atoms with Crippen LogP contribution in [0.3, 0.4) is 0 Å². The molecule has 0 spiro atoms. The molecule has 2 rings (SSSR count). The van der Waals surface area contributed by atoms with Crippen molar-refractivity contribution in [3.8, 4) is 0 Å². The maximum Gasteiger partial charge on any atom is 0.239 e. The standard InChI is InChI=1S/C16H23FN2O2/c1-2-3-4-14(18)16(20)19-9-10-21-15(11-19)12-5-7-13(17)8-6-12/h5-8,14-15H,2-4,9-11,18H2,1H3. The largest absolute Gasteiger partial charge is 0.370 e. The number of benzene rings is 1. The van der Waals surface area contributed by atoms with Crippen molar-refractivity contribution in [1.29, 1.82) is 0 Å². The van der Waals surface area contributed by atoms with Gasteiger partial charge in [0.25, 0.3) is 0 Å². The van der Waals surface area contributed by atoms with Crippen molar-refractivity contribution >= 4 is 5.91 Å². The molecular formula is C16H23FN2O2. The highest BCUT2D eigenvalue weighted by atomic mass is 19.1. The van der Waals surface area contributed by atoms with Gasteiger partial charge >= 0.3 is 0 Å². The van der Waals surface area contributed by atoms with Crippen molar-refractivity contribution < 1.29 is 13.9 Å². The molecule has 0 bridgehead atoms. The van der Waals surface area contributed by atoms with E-state index in [1.54, 1.807) is 17.0 Å². The normalized spacial score (nSPS) is 20.3. The summed E-state index contributed by atoms with van der Waals surface area (Å²) in [6.07, 6.45) is 2.50. The summed E-state index contributed by atoms with van der Waals surface area (Å²) in [5.41, 5.74) is 6.84. The first-order valence-electron chi connectivity index (χ1n) is 7.53. The van der Waals surface area contributed by atoms with E-state index in [-0.39, 0.29) is 17.8 Å². The molecule has 1 amide bonds. The van der Waals surface area contributed by atoms with Gasteiger partial charge in [0, 0.05) is 6.54 Å². The van der Waals surface area contributed by atoms with Crippen LogP contribution in [0.25, 0.3) is 0 Å². The second kappa shape index (κ2) is 7.52. The molecule has 1 saturated heterocycles. The van der Waals surface area contributed by atoms with Crippen LogP contribution in [0.2, 0.25) is 0 Å². The van der Waals surface area contributed by atoms with Gasteiger partial charge in [-0.1, -0.05) is 31.9 Å². The Balaban J connectivity index is 1.97. The zero-order valence-corrected chi connectivity index (χ0v) is 12.4. The Morgan fingerprint density at radius 2 is 2.19 bits per heavy atom. The van der Waals surface area contributed by atoms with E-state index in [1.807, 2.05) is 0 Å². The maximum absolute atomic E-state index is 13.0. The van der Waals surface area contributed by atoms with E-state index >= 15 is 0 Å². The van der Waals surface area contributed by atoms with E-state index in [2.05, 4.69) is 6.92 Å². The summed E-state index contributed by atoms with van der Waals surface area (Å²) in [6, 6.07) is 5.78. The molecule has 2 unspecified atom stereocenters. The fourth-order valence-electron chi connectivity index (χ4n) is 2.51. The lowest BCUT2D eigenvalue weighted by Gasteiger charge is -2.34. The van der Waals surface area contributed by atoms with Gasteiger partial charge in [-0.15, -0.1) is 0 Å². The van der Waals surface area contributed by atoms with Gasteiger partial charge in [-0.25, -0.2) is 4.39 Å². The summed E-state index contributed by atoms with van der Waals surface area (Å²) in [5, 5.41) is 0. The maximum atomic E-state index is 13.0. The predicted octanol–water partition coefficient (Wildman–Crippen LogP) is 2.24. The number of morpholine rings is 1. The summed E-state index contributed by atoms with van der Waals surface area (Å²) in [5.74, 6) is -0.289. The molecule has 1 aliphatic rings. The highest BCUT2D eigenvalue weighted by Crippen LogP contribution is 2.23. The molecule has 1 heterocycles. The average Bonchev–Trinajstić information content (AvgIpc) is 2.52. The number of unbranched alkanes of at least 4 members (excludes halogenated alkanes) is 1. The molecule has 1 aliphatic heterocycles. The number of rotatable bonds is 5. The minimum absolute atomic E-state index is 0.0149. The first kappa shape index (κ1) is 15.9. The number of carbonyl (C=O) groups excluding carboxylic acids is 1. The van der Waals surface area contributed by atoms with Gasteiger partial charge in [-0.05, 0) is 24.1 Å². The highest BCUT2D eigenvalue weighted by molar-refractivity contribution is 5.81. The molecule has 4 nitrogen and oxygen atoms in total. The zero-order valence-electron chi connectivity index (χ0n) is 12.4. The Hall–Kier alpha value is -1.46. The fourth-order valence-corrected chi connectivity index (χ4v) is 2.51. The molecule has 0 aliphatic carbocycles. The van der Waals surface area contributed by atoms with Crippen LogP contribution in [0.1, 0.15) is 37.9 Å². The quantitative estimate of drug-likeness (QED) is 0.906. The van der Waals surface area contributed by atoms with Crippen LogP contribution in [0.4, 0.5) is 4.39 Å². The number of ether oxygens (including phenoxy) is 1. The Morgan fingerprint density at radius 3 is 2.86 bits per heavy atom. The van der Waals surface area contributed by atoms with Crippen molar-refractivity contribution in [2.45, 2.75) is 38.3 Å². The van der Waals surface area contributed by atoms with E-state index in [1.165, 1.54) is 12.1 Å². The van der Waals surface area contributed by atoms with Gasteiger partial charge in [-0.2, -0.15) is 0 Å². The van der Waals surface area contributed by atoms with Crippen LogP contribution in [-0.2, 0) is 9.53 Å².